The highest BCUT2D eigenvalue weighted by Gasteiger charge is 2.55. The van der Waals surface area contributed by atoms with Crippen molar-refractivity contribution in [1.29, 1.82) is 0 Å². The van der Waals surface area contributed by atoms with Gasteiger partial charge in [-0.1, -0.05) is 32.0 Å². The van der Waals surface area contributed by atoms with Crippen molar-refractivity contribution in [1.82, 2.24) is 0 Å². The van der Waals surface area contributed by atoms with Gasteiger partial charge in [0.15, 0.2) is 5.78 Å². The molecule has 10 N–H and O–H groups in total. The Hall–Kier alpha value is -2.41. The highest BCUT2D eigenvalue weighted by atomic mass is 16.6. The third kappa shape index (κ3) is 7.33. The minimum absolute atomic E-state index is 0.0382. The number of benzene rings is 1. The van der Waals surface area contributed by atoms with Crippen molar-refractivity contribution in [3.63, 3.8) is 0 Å². The Bertz CT molecular complexity index is 810. The Labute approximate surface area is 186 Å². The first-order valence-electron chi connectivity index (χ1n) is 10.2. The van der Waals surface area contributed by atoms with E-state index < -0.39 is 47.6 Å². The standard InChI is InChI=1S/C21H33N3O8/c1-12(2)9-15(23)18(27)14(11-22)10-20(29,30)21(31,32)19(28)24-16-6-4-3-5-13(16)7-8-17(25)26/h3-6,12,14-15,29-32H,7-11,22-23H2,1-2H3,(H,24,28)(H,25,26)/t14?,15-/m0/s1. The lowest BCUT2D eigenvalue weighted by atomic mass is 9.85. The predicted molar refractivity (Wildman–Crippen MR) is 115 cm³/mol. The quantitative estimate of drug-likeness (QED) is 0.168. The largest absolute Gasteiger partial charge is 0.481 e. The molecule has 1 aromatic carbocycles. The van der Waals surface area contributed by atoms with E-state index in [2.05, 4.69) is 5.32 Å². The third-order valence-electron chi connectivity index (χ3n) is 5.06. The normalized spacial score (nSPS) is 14.2. The lowest BCUT2D eigenvalue weighted by molar-refractivity contribution is -0.340. The summed E-state index contributed by atoms with van der Waals surface area (Å²) in [5, 5.41) is 52.2. The summed E-state index contributed by atoms with van der Waals surface area (Å²) < 4.78 is 0. The molecule has 1 rings (SSSR count). The number of carboxylic acid groups (broad SMARTS) is 1. The molecular formula is C21H33N3O8. The number of anilines is 1. The second kappa shape index (κ2) is 11.5. The highest BCUT2D eigenvalue weighted by molar-refractivity contribution is 5.97. The molecule has 1 unspecified atom stereocenters. The van der Waals surface area contributed by atoms with Crippen LogP contribution in [0.2, 0.25) is 0 Å². The van der Waals surface area contributed by atoms with Gasteiger partial charge in [-0.25, -0.2) is 0 Å². The van der Waals surface area contributed by atoms with E-state index in [9.17, 15) is 34.8 Å². The maximum Gasteiger partial charge on any atom is 0.303 e. The van der Waals surface area contributed by atoms with Crippen molar-refractivity contribution in [2.24, 2.45) is 23.3 Å². The van der Waals surface area contributed by atoms with Crippen molar-refractivity contribution >= 4 is 23.3 Å². The monoisotopic (exact) mass is 455 g/mol. The average Bonchev–Trinajstić information content (AvgIpc) is 2.69. The molecule has 11 nitrogen and oxygen atoms in total. The van der Waals surface area contributed by atoms with Crippen LogP contribution in [0, 0.1) is 11.8 Å². The third-order valence-corrected chi connectivity index (χ3v) is 5.06. The number of nitrogens with two attached hydrogens (primary N) is 2. The molecule has 0 radical (unpaired) electrons. The summed E-state index contributed by atoms with van der Waals surface area (Å²) in [5.74, 6) is -11.6. The lowest BCUT2D eigenvalue weighted by Gasteiger charge is -2.36. The Morgan fingerprint density at radius 3 is 2.22 bits per heavy atom. The molecule has 180 valence electrons. The Morgan fingerprint density at radius 1 is 1.09 bits per heavy atom. The molecule has 0 saturated carbocycles. The molecule has 11 heteroatoms. The van der Waals surface area contributed by atoms with Crippen LogP contribution in [-0.2, 0) is 20.8 Å². The molecule has 0 aliphatic rings. The van der Waals surface area contributed by atoms with Crippen LogP contribution in [-0.4, -0.2) is 67.4 Å². The molecule has 0 bridgehead atoms. The zero-order chi connectivity index (χ0) is 24.7. The fourth-order valence-corrected chi connectivity index (χ4v) is 3.21. The molecule has 0 aromatic heterocycles. The van der Waals surface area contributed by atoms with Crippen LogP contribution >= 0.6 is 0 Å². The van der Waals surface area contributed by atoms with Crippen LogP contribution in [0.1, 0.15) is 38.7 Å². The molecular weight excluding hydrogens is 422 g/mol. The number of aliphatic carboxylic acids is 1. The first-order valence-corrected chi connectivity index (χ1v) is 10.2. The molecule has 1 aromatic rings. The van der Waals surface area contributed by atoms with E-state index in [-0.39, 0.29) is 31.0 Å². The van der Waals surface area contributed by atoms with Gasteiger partial charge in [0.05, 0.1) is 6.04 Å². The van der Waals surface area contributed by atoms with Crippen LogP contribution in [0.15, 0.2) is 24.3 Å². The number of aryl methyl sites for hydroxylation is 1. The maximum absolute atomic E-state index is 12.5. The summed E-state index contributed by atoms with van der Waals surface area (Å²) in [6.07, 6.45) is -0.834. The highest BCUT2D eigenvalue weighted by Crippen LogP contribution is 2.28. The van der Waals surface area contributed by atoms with Gasteiger partial charge < -0.3 is 42.3 Å². The second-order valence-electron chi connectivity index (χ2n) is 8.27. The smallest absolute Gasteiger partial charge is 0.303 e. The van der Waals surface area contributed by atoms with E-state index in [1.54, 1.807) is 6.07 Å². The number of ketones is 1. The van der Waals surface area contributed by atoms with Gasteiger partial charge in [0, 0.05) is 31.0 Å². The molecule has 0 fully saturated rings. The summed E-state index contributed by atoms with van der Waals surface area (Å²) in [4.78, 5) is 35.8. The zero-order valence-corrected chi connectivity index (χ0v) is 18.2. The molecule has 0 saturated heterocycles. The number of Topliss-reactive ketones (excluding diaryl/α,β-unsaturated/α-hetero) is 1. The number of para-hydroxylation sites is 1. The fraction of sp³-hybridized carbons (Fsp3) is 0.571. The van der Waals surface area contributed by atoms with Gasteiger partial charge in [0.25, 0.3) is 5.91 Å². The average molecular weight is 456 g/mol. The molecule has 32 heavy (non-hydrogen) atoms. The van der Waals surface area contributed by atoms with Gasteiger partial charge in [-0.3, -0.25) is 14.4 Å². The maximum atomic E-state index is 12.5. The minimum Gasteiger partial charge on any atom is -0.481 e. The predicted octanol–water partition coefficient (Wildman–Crippen LogP) is -1.09. The van der Waals surface area contributed by atoms with Crippen molar-refractivity contribution in [3.8, 4) is 0 Å². The van der Waals surface area contributed by atoms with E-state index in [1.807, 2.05) is 13.8 Å². The van der Waals surface area contributed by atoms with E-state index >= 15 is 0 Å². The number of nitrogens with one attached hydrogen (secondary N) is 1. The van der Waals surface area contributed by atoms with E-state index in [0.717, 1.165) is 0 Å². The summed E-state index contributed by atoms with van der Waals surface area (Å²) in [6, 6.07) is 5.08. The van der Waals surface area contributed by atoms with Gasteiger partial charge in [0.1, 0.15) is 0 Å². The fourth-order valence-electron chi connectivity index (χ4n) is 3.21. The molecule has 2 atom stereocenters. The lowest BCUT2D eigenvalue weighted by Crippen LogP contribution is -2.63. The molecule has 1 amide bonds. The number of hydrogen-bond donors (Lipinski definition) is 8. The van der Waals surface area contributed by atoms with Crippen molar-refractivity contribution < 1.29 is 39.9 Å². The van der Waals surface area contributed by atoms with E-state index in [1.165, 1.54) is 18.2 Å². The van der Waals surface area contributed by atoms with Gasteiger partial charge in [-0.05, 0) is 30.4 Å². The molecule has 0 aliphatic heterocycles. The number of carbonyl (C=O) groups is 3. The summed E-state index contributed by atoms with van der Waals surface area (Å²) in [5.41, 5.74) is 11.8. The number of aliphatic hydroxyl groups is 4. The number of rotatable bonds is 13. The number of carbonyl (C=O) groups excluding carboxylic acids is 2. The van der Waals surface area contributed by atoms with Crippen molar-refractivity contribution in [2.45, 2.75) is 57.1 Å². The van der Waals surface area contributed by atoms with E-state index in [0.29, 0.717) is 12.0 Å². The van der Waals surface area contributed by atoms with Crippen LogP contribution in [0.25, 0.3) is 0 Å². The van der Waals surface area contributed by atoms with Gasteiger partial charge in [-0.15, -0.1) is 0 Å². The van der Waals surface area contributed by atoms with Crippen LogP contribution in [0.4, 0.5) is 5.69 Å². The zero-order valence-electron chi connectivity index (χ0n) is 18.2. The van der Waals surface area contributed by atoms with Crippen molar-refractivity contribution in [3.05, 3.63) is 29.8 Å². The first-order chi connectivity index (χ1) is 14.7. The Morgan fingerprint density at radius 2 is 1.69 bits per heavy atom. The number of hydrogen-bond acceptors (Lipinski definition) is 9. The SMILES string of the molecule is CC(C)C[C@H](N)C(=O)C(CN)CC(O)(O)C(O)(O)C(=O)Nc1ccccc1CCC(=O)O. The Kier molecular flexibility index (Phi) is 9.89. The summed E-state index contributed by atoms with van der Waals surface area (Å²) >= 11 is 0. The number of carboxylic acids is 1. The first kappa shape index (κ1) is 27.6. The van der Waals surface area contributed by atoms with Crippen LogP contribution in [0.3, 0.4) is 0 Å². The van der Waals surface area contributed by atoms with Crippen molar-refractivity contribution in [2.75, 3.05) is 11.9 Å². The Balaban J connectivity index is 3.01. The van der Waals surface area contributed by atoms with Gasteiger partial charge in [0.2, 0.25) is 5.79 Å². The molecule has 0 heterocycles. The van der Waals surface area contributed by atoms with Crippen LogP contribution < -0.4 is 16.8 Å². The molecule has 0 spiro atoms. The minimum atomic E-state index is -3.72. The number of amides is 1. The topological polar surface area (TPSA) is 216 Å². The molecule has 0 aliphatic carbocycles. The van der Waals surface area contributed by atoms with Crippen LogP contribution in [0.5, 0.6) is 0 Å². The summed E-state index contributed by atoms with van der Waals surface area (Å²) in [7, 11) is 0. The van der Waals surface area contributed by atoms with E-state index in [4.69, 9.17) is 16.6 Å². The second-order valence-corrected chi connectivity index (χ2v) is 8.27. The summed E-state index contributed by atoms with van der Waals surface area (Å²) in [6.45, 7) is 3.33. The van der Waals surface area contributed by atoms with Gasteiger partial charge >= 0.3 is 11.8 Å². The van der Waals surface area contributed by atoms with Gasteiger partial charge in [-0.2, -0.15) is 0 Å².